The Balaban J connectivity index is 1.37. The Morgan fingerprint density at radius 1 is 0.862 bits per heavy atom. The minimum absolute atomic E-state index is 0.0861. The summed E-state index contributed by atoms with van der Waals surface area (Å²) in [6.07, 6.45) is 11.2. The molecule has 14 heteroatoms. The summed E-state index contributed by atoms with van der Waals surface area (Å²) in [6.45, 7) is 13.8. The number of carbonyl (C=O) groups is 2. The Morgan fingerprint density at radius 3 is 2.21 bits per heavy atom. The molecule has 304 valence electrons. The van der Waals surface area contributed by atoms with Crippen molar-refractivity contribution in [3.05, 3.63) is 115 Å². The second-order valence-electron chi connectivity index (χ2n) is 14.2. The number of nitrogens with zero attached hydrogens (tertiary/aromatic N) is 5. The van der Waals surface area contributed by atoms with Crippen LogP contribution < -0.4 is 20.5 Å². The summed E-state index contributed by atoms with van der Waals surface area (Å²) in [5.74, 6) is -0.506. The Morgan fingerprint density at radius 2 is 1.53 bits per heavy atom. The number of unbranched alkanes of at least 4 members (excludes halogenated alkanes) is 9. The number of carbonyl (C=O) groups excluding carboxylic acids is 2. The zero-order valence-corrected chi connectivity index (χ0v) is 35.9. The fraction of sp³-hybridized carbons (Fsp3) is 0.364. The first-order valence-corrected chi connectivity index (χ1v) is 21.1. The first kappa shape index (κ1) is 44.4. The standard InChI is InChI=1S/C44H47Cl4N7O3/c1-5-6-7-8-9-10-11-12-13-14-19-39(58-38-18-16-15-17-36(38)49-4)43(56)50-31-22-23-33(46)37(27-31)51-42-40(53-52-32-21-20-28(2)29(3)24-32)44(57)55(54-42)41-34(47)25-30(45)26-35(41)48/h15-18,20-27,39-40H,5-14,19H2,1-3H3,(H,50,56)(H,51,54). The lowest BCUT2D eigenvalue weighted by molar-refractivity contribution is -0.123. The quantitative estimate of drug-likeness (QED) is 0.0555. The van der Waals surface area contributed by atoms with Gasteiger partial charge in [-0.2, -0.15) is 10.2 Å². The predicted molar refractivity (Wildman–Crippen MR) is 237 cm³/mol. The van der Waals surface area contributed by atoms with Gasteiger partial charge in [-0.15, -0.1) is 0 Å². The largest absolute Gasteiger partial charge is 0.492 e. The van der Waals surface area contributed by atoms with Gasteiger partial charge in [-0.1, -0.05) is 135 Å². The number of benzene rings is 4. The van der Waals surface area contributed by atoms with Crippen LogP contribution in [0.5, 0.6) is 5.75 Å². The Hall–Kier alpha value is -4.66. The summed E-state index contributed by atoms with van der Waals surface area (Å²) in [5, 5.41) is 13.7. The van der Waals surface area contributed by atoms with Crippen molar-refractivity contribution in [3.63, 3.8) is 0 Å². The Kier molecular flexibility index (Phi) is 16.8. The van der Waals surface area contributed by atoms with E-state index in [2.05, 4.69) is 32.7 Å². The molecule has 2 N–H and O–H groups in total. The van der Waals surface area contributed by atoms with Crippen LogP contribution in [0.15, 0.2) is 88.0 Å². The lowest BCUT2D eigenvalue weighted by Crippen LogP contribution is -2.36. The minimum atomic E-state index is -1.24. The molecular formula is C44H47Cl4N7O3. The van der Waals surface area contributed by atoms with Gasteiger partial charge in [0.2, 0.25) is 11.7 Å². The van der Waals surface area contributed by atoms with Crippen molar-refractivity contribution >= 4 is 92.5 Å². The number of para-hydroxylation sites is 2. The van der Waals surface area contributed by atoms with E-state index in [9.17, 15) is 9.59 Å². The molecule has 2 atom stereocenters. The zero-order valence-electron chi connectivity index (χ0n) is 32.8. The van der Waals surface area contributed by atoms with Crippen molar-refractivity contribution in [2.75, 3.05) is 10.3 Å². The first-order chi connectivity index (χ1) is 28.0. The van der Waals surface area contributed by atoms with E-state index in [1.165, 1.54) is 50.7 Å². The predicted octanol–water partition coefficient (Wildman–Crippen LogP) is 13.9. The van der Waals surface area contributed by atoms with Crippen molar-refractivity contribution in [1.82, 2.24) is 5.43 Å². The van der Waals surface area contributed by atoms with Crippen molar-refractivity contribution in [2.45, 2.75) is 104 Å². The molecular weight excluding hydrogens is 816 g/mol. The summed E-state index contributed by atoms with van der Waals surface area (Å²) in [7, 11) is 0. The Labute approximate surface area is 360 Å². The lowest BCUT2D eigenvalue weighted by Gasteiger charge is -2.20. The van der Waals surface area contributed by atoms with Crippen LogP contribution in [0.1, 0.15) is 88.7 Å². The highest BCUT2D eigenvalue weighted by Gasteiger charge is 2.41. The summed E-state index contributed by atoms with van der Waals surface area (Å²) in [5.41, 5.74) is 6.75. The fourth-order valence-corrected chi connectivity index (χ4v) is 7.52. The molecule has 4 aromatic rings. The van der Waals surface area contributed by atoms with E-state index < -0.39 is 18.1 Å². The van der Waals surface area contributed by atoms with Crippen LogP contribution in [-0.2, 0) is 9.59 Å². The van der Waals surface area contributed by atoms with Crippen LogP contribution in [0.25, 0.3) is 4.85 Å². The molecule has 4 aromatic carbocycles. The SMILES string of the molecule is [C-]#[N+]c1ccccc1OC(CCCCCCCCCCCC)C(=O)Nc1ccc(Cl)c(N=C2NN(c3c(Cl)cc(Cl)cc3Cl)C(=O)C2N=Nc2ccc(C)c(C)c2)c1. The number of ether oxygens (including phenoxy) is 1. The minimum Gasteiger partial charge on any atom is -0.492 e. The van der Waals surface area contributed by atoms with Crippen LogP contribution in [0, 0.1) is 20.4 Å². The average Bonchev–Trinajstić information content (AvgIpc) is 3.49. The highest BCUT2D eigenvalue weighted by atomic mass is 35.5. The summed E-state index contributed by atoms with van der Waals surface area (Å²) >= 11 is 25.9. The maximum Gasteiger partial charge on any atom is 0.280 e. The van der Waals surface area contributed by atoms with Gasteiger partial charge in [0, 0.05) is 10.7 Å². The molecule has 1 heterocycles. The lowest BCUT2D eigenvalue weighted by atomic mass is 10.0. The normalized spacial score (nSPS) is 15.1. The molecule has 0 bridgehead atoms. The molecule has 0 aliphatic carbocycles. The molecule has 10 nitrogen and oxygen atoms in total. The van der Waals surface area contributed by atoms with Gasteiger partial charge < -0.3 is 10.1 Å². The van der Waals surface area contributed by atoms with Crippen molar-refractivity contribution in [2.24, 2.45) is 15.2 Å². The number of aliphatic imine (C=N–C) groups is 1. The fourth-order valence-electron chi connectivity index (χ4n) is 6.38. The number of rotatable bonds is 19. The first-order valence-electron chi connectivity index (χ1n) is 19.5. The third-order valence-electron chi connectivity index (χ3n) is 9.75. The van der Waals surface area contributed by atoms with Gasteiger partial charge in [0.25, 0.3) is 11.8 Å². The molecule has 1 aliphatic rings. The topological polar surface area (TPSA) is 112 Å². The second kappa shape index (κ2) is 21.9. The number of azo groups is 1. The molecule has 1 saturated heterocycles. The van der Waals surface area contributed by atoms with Gasteiger partial charge in [-0.25, -0.2) is 14.8 Å². The smallest absolute Gasteiger partial charge is 0.280 e. The molecule has 2 unspecified atom stereocenters. The van der Waals surface area contributed by atoms with Crippen molar-refractivity contribution < 1.29 is 14.3 Å². The van der Waals surface area contributed by atoms with E-state index >= 15 is 0 Å². The summed E-state index contributed by atoms with van der Waals surface area (Å²) in [6, 6.07) is 19.0. The number of halogens is 4. The molecule has 0 radical (unpaired) electrons. The van der Waals surface area contributed by atoms with E-state index in [1.54, 1.807) is 48.5 Å². The number of amidine groups is 1. The van der Waals surface area contributed by atoms with Crippen LogP contribution >= 0.6 is 46.4 Å². The number of hydrogen-bond acceptors (Lipinski definition) is 6. The molecule has 5 rings (SSSR count). The van der Waals surface area contributed by atoms with Crippen LogP contribution in [0.2, 0.25) is 20.1 Å². The van der Waals surface area contributed by atoms with Gasteiger partial charge in [0.15, 0.2) is 11.9 Å². The number of aryl methyl sites for hydroxylation is 2. The third-order valence-corrected chi connectivity index (χ3v) is 10.9. The highest BCUT2D eigenvalue weighted by molar-refractivity contribution is 6.43. The molecule has 1 aliphatic heterocycles. The van der Waals surface area contributed by atoms with Crippen LogP contribution in [0.4, 0.5) is 28.4 Å². The number of nitrogens with one attached hydrogen (secondary N) is 2. The number of amides is 2. The Bertz CT molecular complexity index is 2170. The molecule has 0 spiro atoms. The van der Waals surface area contributed by atoms with Gasteiger partial charge in [0.1, 0.15) is 11.4 Å². The summed E-state index contributed by atoms with van der Waals surface area (Å²) < 4.78 is 6.21. The zero-order chi connectivity index (χ0) is 41.6. The monoisotopic (exact) mass is 861 g/mol. The van der Waals surface area contributed by atoms with E-state index in [0.717, 1.165) is 41.8 Å². The maximum absolute atomic E-state index is 14.0. The number of hydrazine groups is 1. The molecule has 2 amide bonds. The maximum atomic E-state index is 14.0. The molecule has 58 heavy (non-hydrogen) atoms. The van der Waals surface area contributed by atoms with Crippen LogP contribution in [-0.4, -0.2) is 29.8 Å². The number of hydrogen-bond donors (Lipinski definition) is 2. The van der Waals surface area contributed by atoms with Gasteiger partial charge >= 0.3 is 0 Å². The second-order valence-corrected chi connectivity index (χ2v) is 15.9. The van der Waals surface area contributed by atoms with E-state index in [1.807, 2.05) is 26.0 Å². The van der Waals surface area contributed by atoms with Gasteiger partial charge in [-0.05, 0) is 86.3 Å². The molecule has 0 aromatic heterocycles. The van der Waals surface area contributed by atoms with Gasteiger partial charge in [0.05, 0.1) is 33.0 Å². The molecule has 1 fully saturated rings. The van der Waals surface area contributed by atoms with Crippen molar-refractivity contribution in [3.8, 4) is 5.75 Å². The van der Waals surface area contributed by atoms with E-state index in [0.29, 0.717) is 34.3 Å². The van der Waals surface area contributed by atoms with Crippen LogP contribution in [0.3, 0.4) is 0 Å². The molecule has 0 saturated carbocycles. The highest BCUT2D eigenvalue weighted by Crippen LogP contribution is 2.38. The third kappa shape index (κ3) is 12.2. The van der Waals surface area contributed by atoms with E-state index in [-0.39, 0.29) is 38.2 Å². The summed E-state index contributed by atoms with van der Waals surface area (Å²) in [4.78, 5) is 36.2. The van der Waals surface area contributed by atoms with Crippen molar-refractivity contribution in [1.29, 1.82) is 0 Å². The number of anilines is 2. The van der Waals surface area contributed by atoms with Gasteiger partial charge in [-0.3, -0.25) is 15.0 Å². The van der Waals surface area contributed by atoms with E-state index in [4.69, 9.17) is 62.7 Å². The average molecular weight is 864 g/mol.